The second-order valence-electron chi connectivity index (χ2n) is 3.73. The number of aromatic nitrogens is 3. The number of fused-ring (bicyclic) bond motifs is 1. The highest BCUT2D eigenvalue weighted by Gasteiger charge is 2.07. The molecule has 0 atom stereocenters. The summed E-state index contributed by atoms with van der Waals surface area (Å²) in [6.45, 7) is 0.131. The van der Waals surface area contributed by atoms with Crippen LogP contribution in [0.2, 0.25) is 5.15 Å². The zero-order valence-corrected chi connectivity index (χ0v) is 11.2. The van der Waals surface area contributed by atoms with Gasteiger partial charge in [-0.1, -0.05) is 11.6 Å². The quantitative estimate of drug-likeness (QED) is 0.754. The average Bonchev–Trinajstić information content (AvgIpc) is 2.87. The lowest BCUT2D eigenvalue weighted by molar-refractivity contribution is 0.295. The molecule has 0 aliphatic rings. The molecule has 3 aromatic heterocycles. The van der Waals surface area contributed by atoms with Gasteiger partial charge in [0, 0.05) is 6.20 Å². The Kier molecular flexibility index (Phi) is 3.18. The van der Waals surface area contributed by atoms with Gasteiger partial charge >= 0.3 is 0 Å². The van der Waals surface area contributed by atoms with Crippen molar-refractivity contribution in [3.8, 4) is 5.75 Å². The smallest absolute Gasteiger partial charge is 0.268 e. The third-order valence-corrected chi connectivity index (χ3v) is 3.64. The standard InChI is InChI=1S/C12H8ClN3O2S/c13-11-8(2-1-4-14-11)18-6-9-15-7-3-5-19-10(7)12(17)16-9/h1-5H,6H2,(H,15,16,17). The Morgan fingerprint density at radius 2 is 2.32 bits per heavy atom. The van der Waals surface area contributed by atoms with Crippen molar-refractivity contribution in [2.45, 2.75) is 6.61 Å². The number of nitrogens with one attached hydrogen (secondary N) is 1. The number of hydrogen-bond donors (Lipinski definition) is 1. The Morgan fingerprint density at radius 3 is 3.16 bits per heavy atom. The topological polar surface area (TPSA) is 67.9 Å². The van der Waals surface area contributed by atoms with Crippen molar-refractivity contribution in [3.63, 3.8) is 0 Å². The largest absolute Gasteiger partial charge is 0.482 e. The molecule has 0 saturated carbocycles. The van der Waals surface area contributed by atoms with Crippen molar-refractivity contribution >= 4 is 33.2 Å². The second-order valence-corrected chi connectivity index (χ2v) is 5.00. The number of thiophene rings is 1. The predicted octanol–water partition coefficient (Wildman–Crippen LogP) is 2.61. The van der Waals surface area contributed by atoms with Crippen LogP contribution >= 0.6 is 22.9 Å². The van der Waals surface area contributed by atoms with E-state index in [1.807, 2.05) is 5.38 Å². The first-order valence-electron chi connectivity index (χ1n) is 5.44. The van der Waals surface area contributed by atoms with E-state index in [4.69, 9.17) is 16.3 Å². The number of H-pyrrole nitrogens is 1. The first kappa shape index (κ1) is 12.1. The molecule has 3 aromatic rings. The molecule has 7 heteroatoms. The predicted molar refractivity (Wildman–Crippen MR) is 73.8 cm³/mol. The van der Waals surface area contributed by atoms with Gasteiger partial charge in [-0.2, -0.15) is 0 Å². The van der Waals surface area contributed by atoms with Crippen LogP contribution in [-0.4, -0.2) is 15.0 Å². The highest BCUT2D eigenvalue weighted by Crippen LogP contribution is 2.21. The molecule has 0 aliphatic heterocycles. The summed E-state index contributed by atoms with van der Waals surface area (Å²) in [4.78, 5) is 22.6. The van der Waals surface area contributed by atoms with Gasteiger partial charge in [0.1, 0.15) is 17.1 Å². The van der Waals surface area contributed by atoms with Gasteiger partial charge in [-0.25, -0.2) is 9.97 Å². The summed E-state index contributed by atoms with van der Waals surface area (Å²) >= 11 is 7.23. The van der Waals surface area contributed by atoms with Crippen molar-refractivity contribution in [1.29, 1.82) is 0 Å². The lowest BCUT2D eigenvalue weighted by atomic mass is 10.4. The maximum absolute atomic E-state index is 11.8. The first-order valence-corrected chi connectivity index (χ1v) is 6.69. The third kappa shape index (κ3) is 2.45. The molecule has 0 bridgehead atoms. The van der Waals surface area contributed by atoms with Gasteiger partial charge in [0.2, 0.25) is 0 Å². The lowest BCUT2D eigenvalue weighted by Crippen LogP contribution is -2.12. The molecule has 0 radical (unpaired) electrons. The van der Waals surface area contributed by atoms with E-state index >= 15 is 0 Å². The van der Waals surface area contributed by atoms with Gasteiger partial charge in [0.15, 0.2) is 10.9 Å². The summed E-state index contributed by atoms with van der Waals surface area (Å²) in [5.74, 6) is 0.910. The molecular weight excluding hydrogens is 286 g/mol. The molecule has 5 nitrogen and oxygen atoms in total. The van der Waals surface area contributed by atoms with Gasteiger partial charge in [-0.3, -0.25) is 4.79 Å². The molecule has 0 fully saturated rings. The summed E-state index contributed by atoms with van der Waals surface area (Å²) < 4.78 is 6.09. The van der Waals surface area contributed by atoms with Crippen LogP contribution in [0.5, 0.6) is 5.75 Å². The zero-order valence-electron chi connectivity index (χ0n) is 9.59. The lowest BCUT2D eigenvalue weighted by Gasteiger charge is -2.06. The van der Waals surface area contributed by atoms with E-state index in [1.54, 1.807) is 24.4 Å². The zero-order chi connectivity index (χ0) is 13.2. The highest BCUT2D eigenvalue weighted by molar-refractivity contribution is 7.17. The number of aromatic amines is 1. The van der Waals surface area contributed by atoms with Crippen LogP contribution in [0.15, 0.2) is 34.6 Å². The van der Waals surface area contributed by atoms with Gasteiger partial charge < -0.3 is 9.72 Å². The minimum absolute atomic E-state index is 0.131. The minimum Gasteiger partial charge on any atom is -0.482 e. The maximum Gasteiger partial charge on any atom is 0.268 e. The summed E-state index contributed by atoms with van der Waals surface area (Å²) in [5, 5.41) is 2.11. The molecule has 19 heavy (non-hydrogen) atoms. The van der Waals surface area contributed by atoms with Crippen LogP contribution in [0, 0.1) is 0 Å². The van der Waals surface area contributed by atoms with Crippen LogP contribution in [0.4, 0.5) is 0 Å². The van der Waals surface area contributed by atoms with E-state index in [9.17, 15) is 4.79 Å². The van der Waals surface area contributed by atoms with E-state index < -0.39 is 0 Å². The maximum atomic E-state index is 11.8. The van der Waals surface area contributed by atoms with E-state index in [0.29, 0.717) is 21.8 Å². The van der Waals surface area contributed by atoms with E-state index in [0.717, 1.165) is 0 Å². The number of pyridine rings is 1. The molecule has 1 N–H and O–H groups in total. The minimum atomic E-state index is -0.157. The molecule has 0 amide bonds. The van der Waals surface area contributed by atoms with Gasteiger partial charge in [0.05, 0.1) is 5.52 Å². The SMILES string of the molecule is O=c1[nH]c(COc2cccnc2Cl)nc2ccsc12. The van der Waals surface area contributed by atoms with Crippen molar-refractivity contribution in [2.24, 2.45) is 0 Å². The highest BCUT2D eigenvalue weighted by atomic mass is 35.5. The number of nitrogens with zero attached hydrogens (tertiary/aromatic N) is 2. The van der Waals surface area contributed by atoms with Crippen molar-refractivity contribution in [3.05, 3.63) is 51.1 Å². The van der Waals surface area contributed by atoms with Crippen LogP contribution in [-0.2, 0) is 6.61 Å². The van der Waals surface area contributed by atoms with Crippen LogP contribution in [0.25, 0.3) is 10.2 Å². The van der Waals surface area contributed by atoms with E-state index in [2.05, 4.69) is 15.0 Å². The Hall–Kier alpha value is -1.92. The van der Waals surface area contributed by atoms with Crippen LogP contribution < -0.4 is 10.3 Å². The number of hydrogen-bond acceptors (Lipinski definition) is 5. The molecule has 0 aliphatic carbocycles. The summed E-state index contributed by atoms with van der Waals surface area (Å²) in [5.41, 5.74) is 0.514. The van der Waals surface area contributed by atoms with Crippen molar-refractivity contribution in [2.75, 3.05) is 0 Å². The first-order chi connectivity index (χ1) is 9.24. The molecule has 3 rings (SSSR count). The summed E-state index contributed by atoms with van der Waals surface area (Å²) in [6.07, 6.45) is 1.58. The molecule has 3 heterocycles. The fourth-order valence-electron chi connectivity index (χ4n) is 1.62. The van der Waals surface area contributed by atoms with Crippen molar-refractivity contribution in [1.82, 2.24) is 15.0 Å². The van der Waals surface area contributed by atoms with Crippen molar-refractivity contribution < 1.29 is 4.74 Å². The molecule has 0 spiro atoms. The van der Waals surface area contributed by atoms with E-state index in [1.165, 1.54) is 11.3 Å². The Balaban J connectivity index is 1.86. The number of ether oxygens (including phenoxy) is 1. The monoisotopic (exact) mass is 293 g/mol. The number of halogens is 1. The third-order valence-electron chi connectivity index (χ3n) is 2.45. The Morgan fingerprint density at radius 1 is 1.42 bits per heavy atom. The van der Waals surface area contributed by atoms with E-state index in [-0.39, 0.29) is 17.3 Å². The molecule has 0 unspecified atom stereocenters. The molecule has 96 valence electrons. The van der Waals surface area contributed by atoms with Gasteiger partial charge in [-0.15, -0.1) is 11.3 Å². The molecule has 0 saturated heterocycles. The summed E-state index contributed by atoms with van der Waals surface area (Å²) in [6, 6.07) is 5.23. The Bertz CT molecular complexity index is 784. The van der Waals surface area contributed by atoms with Crippen LogP contribution in [0.3, 0.4) is 0 Å². The molecule has 0 aromatic carbocycles. The second kappa shape index (κ2) is 4.99. The van der Waals surface area contributed by atoms with Gasteiger partial charge in [-0.05, 0) is 23.6 Å². The fraction of sp³-hybridized carbons (Fsp3) is 0.0833. The van der Waals surface area contributed by atoms with Crippen LogP contribution in [0.1, 0.15) is 5.82 Å². The average molecular weight is 294 g/mol. The number of rotatable bonds is 3. The molecular formula is C12H8ClN3O2S. The Labute approximate surface area is 116 Å². The fourth-order valence-corrected chi connectivity index (χ4v) is 2.51. The van der Waals surface area contributed by atoms with Gasteiger partial charge in [0.25, 0.3) is 5.56 Å². The normalized spacial score (nSPS) is 10.8. The summed E-state index contributed by atoms with van der Waals surface area (Å²) in [7, 11) is 0.